The Morgan fingerprint density at radius 3 is 2.57 bits per heavy atom. The fourth-order valence-corrected chi connectivity index (χ4v) is 3.69. The van der Waals surface area contributed by atoms with Crippen molar-refractivity contribution in [3.05, 3.63) is 34.3 Å². The summed E-state index contributed by atoms with van der Waals surface area (Å²) in [5.74, 6) is -2.47. The van der Waals surface area contributed by atoms with Crippen LogP contribution in [0.15, 0.2) is 28.7 Å². The van der Waals surface area contributed by atoms with Crippen molar-refractivity contribution in [1.29, 1.82) is 0 Å². The lowest BCUT2D eigenvalue weighted by Gasteiger charge is -2.24. The maximum absolute atomic E-state index is 12.4. The summed E-state index contributed by atoms with van der Waals surface area (Å²) in [6.45, 7) is 0.375. The molecule has 112 valence electrons. The Balaban J connectivity index is 1.68. The number of nitrogens with one attached hydrogen (secondary N) is 1. The van der Waals surface area contributed by atoms with Crippen LogP contribution in [-0.2, 0) is 20.9 Å². The number of rotatable bonds is 4. The lowest BCUT2D eigenvalue weighted by molar-refractivity contribution is -0.147. The first-order valence-corrected chi connectivity index (χ1v) is 7.76. The van der Waals surface area contributed by atoms with Crippen LogP contribution in [0.2, 0.25) is 0 Å². The van der Waals surface area contributed by atoms with Crippen LogP contribution < -0.4 is 5.32 Å². The molecule has 21 heavy (non-hydrogen) atoms. The lowest BCUT2D eigenvalue weighted by atomic mass is 9.78. The van der Waals surface area contributed by atoms with Crippen molar-refractivity contribution in [2.75, 3.05) is 0 Å². The van der Waals surface area contributed by atoms with Gasteiger partial charge in [0.1, 0.15) is 0 Å². The molecule has 2 N–H and O–H groups in total. The molecular weight excluding hydrogens is 338 g/mol. The van der Waals surface area contributed by atoms with Gasteiger partial charge in [-0.05, 0) is 24.5 Å². The smallest absolute Gasteiger partial charge is 0.310 e. The number of amides is 1. The highest BCUT2D eigenvalue weighted by atomic mass is 79.9. The molecule has 4 atom stereocenters. The van der Waals surface area contributed by atoms with E-state index in [9.17, 15) is 14.7 Å². The van der Waals surface area contributed by atoms with E-state index < -0.39 is 17.8 Å². The number of hydrogen-bond donors (Lipinski definition) is 2. The van der Waals surface area contributed by atoms with E-state index >= 15 is 0 Å². The van der Waals surface area contributed by atoms with Crippen molar-refractivity contribution in [3.63, 3.8) is 0 Å². The van der Waals surface area contributed by atoms with Gasteiger partial charge in [0, 0.05) is 11.0 Å². The molecule has 2 bridgehead atoms. The number of carboxylic acids is 1. The third-order valence-electron chi connectivity index (χ3n) is 4.27. The number of hydrogen-bond acceptors (Lipinski definition) is 3. The van der Waals surface area contributed by atoms with Gasteiger partial charge in [0.05, 0.1) is 24.0 Å². The number of carbonyl (C=O) groups is 2. The van der Waals surface area contributed by atoms with E-state index in [1.165, 1.54) is 0 Å². The van der Waals surface area contributed by atoms with Crippen LogP contribution in [0.25, 0.3) is 0 Å². The summed E-state index contributed by atoms with van der Waals surface area (Å²) in [6.07, 6.45) is 0.930. The van der Waals surface area contributed by atoms with Crippen LogP contribution in [0.3, 0.4) is 0 Å². The molecule has 2 fully saturated rings. The molecule has 2 aliphatic rings. The van der Waals surface area contributed by atoms with Gasteiger partial charge in [-0.2, -0.15) is 0 Å². The predicted molar refractivity (Wildman–Crippen MR) is 78.5 cm³/mol. The molecule has 0 unspecified atom stereocenters. The number of carboxylic acid groups (broad SMARTS) is 1. The maximum atomic E-state index is 12.4. The Kier molecular flexibility index (Phi) is 3.99. The zero-order valence-corrected chi connectivity index (χ0v) is 12.9. The summed E-state index contributed by atoms with van der Waals surface area (Å²) in [7, 11) is 0. The first kappa shape index (κ1) is 14.5. The van der Waals surface area contributed by atoms with E-state index in [0.717, 1.165) is 22.9 Å². The molecule has 5 nitrogen and oxygen atoms in total. The third kappa shape index (κ3) is 2.70. The van der Waals surface area contributed by atoms with Crippen molar-refractivity contribution in [2.24, 2.45) is 11.8 Å². The molecule has 2 aliphatic heterocycles. The Morgan fingerprint density at radius 2 is 1.90 bits per heavy atom. The Hall–Kier alpha value is -1.40. The minimum absolute atomic E-state index is 0.231. The van der Waals surface area contributed by atoms with Gasteiger partial charge in [-0.3, -0.25) is 9.59 Å². The van der Waals surface area contributed by atoms with Crippen LogP contribution in [-0.4, -0.2) is 29.2 Å². The molecule has 0 aromatic heterocycles. The van der Waals surface area contributed by atoms with Gasteiger partial charge in [0.25, 0.3) is 0 Å². The monoisotopic (exact) mass is 353 g/mol. The fraction of sp³-hybridized carbons (Fsp3) is 0.467. The number of aliphatic carboxylic acids is 1. The Morgan fingerprint density at radius 1 is 1.24 bits per heavy atom. The molecule has 0 aliphatic carbocycles. The highest BCUT2D eigenvalue weighted by Gasteiger charge is 2.55. The zero-order valence-electron chi connectivity index (χ0n) is 11.3. The molecule has 1 aromatic carbocycles. The number of carbonyl (C=O) groups excluding carboxylic acids is 1. The average Bonchev–Trinajstić information content (AvgIpc) is 3.06. The van der Waals surface area contributed by atoms with Crippen molar-refractivity contribution >= 4 is 27.8 Å². The van der Waals surface area contributed by atoms with Gasteiger partial charge in [-0.1, -0.05) is 34.1 Å². The average molecular weight is 354 g/mol. The molecule has 6 heteroatoms. The highest BCUT2D eigenvalue weighted by molar-refractivity contribution is 9.10. The first-order valence-electron chi connectivity index (χ1n) is 6.97. The highest BCUT2D eigenvalue weighted by Crippen LogP contribution is 2.43. The van der Waals surface area contributed by atoms with E-state index in [1.807, 2.05) is 24.3 Å². The maximum Gasteiger partial charge on any atom is 0.310 e. The summed E-state index contributed by atoms with van der Waals surface area (Å²) in [4.78, 5) is 23.7. The first-order chi connectivity index (χ1) is 10.1. The van der Waals surface area contributed by atoms with Gasteiger partial charge in [0.2, 0.25) is 5.91 Å². The number of ether oxygens (including phenoxy) is 1. The van der Waals surface area contributed by atoms with Crippen molar-refractivity contribution in [2.45, 2.75) is 31.6 Å². The van der Waals surface area contributed by atoms with Gasteiger partial charge in [-0.25, -0.2) is 0 Å². The van der Waals surface area contributed by atoms with Gasteiger partial charge >= 0.3 is 5.97 Å². The number of benzene rings is 1. The molecule has 1 aromatic rings. The Bertz CT molecular complexity index is 577. The van der Waals surface area contributed by atoms with Gasteiger partial charge in [0.15, 0.2) is 0 Å². The van der Waals surface area contributed by atoms with Crippen LogP contribution in [0, 0.1) is 11.8 Å². The summed E-state index contributed by atoms with van der Waals surface area (Å²) in [5, 5.41) is 12.2. The molecule has 2 heterocycles. The lowest BCUT2D eigenvalue weighted by Crippen LogP contribution is -2.43. The fourth-order valence-electron chi connectivity index (χ4n) is 3.27. The molecule has 0 saturated carbocycles. The van der Waals surface area contributed by atoms with Crippen LogP contribution >= 0.6 is 15.9 Å². The van der Waals surface area contributed by atoms with Gasteiger partial charge < -0.3 is 15.2 Å². The van der Waals surface area contributed by atoms with E-state index in [1.54, 1.807) is 0 Å². The summed E-state index contributed by atoms with van der Waals surface area (Å²) in [6, 6.07) is 7.62. The SMILES string of the molecule is O=C(O)[C@@H]1[C@H](C(=O)NCc2ccccc2Br)[C@H]2CC[C@@H]1O2. The predicted octanol–water partition coefficient (Wildman–Crippen LogP) is 1.94. The number of halogens is 1. The van der Waals surface area contributed by atoms with Crippen molar-refractivity contribution < 1.29 is 19.4 Å². The van der Waals surface area contributed by atoms with E-state index in [-0.39, 0.29) is 18.1 Å². The van der Waals surface area contributed by atoms with E-state index in [4.69, 9.17) is 4.74 Å². The van der Waals surface area contributed by atoms with Crippen LogP contribution in [0.5, 0.6) is 0 Å². The topological polar surface area (TPSA) is 75.6 Å². The minimum Gasteiger partial charge on any atom is -0.481 e. The zero-order chi connectivity index (χ0) is 15.0. The third-order valence-corrected chi connectivity index (χ3v) is 5.05. The Labute approximate surface area is 130 Å². The summed E-state index contributed by atoms with van der Waals surface area (Å²) >= 11 is 3.43. The van der Waals surface area contributed by atoms with Crippen LogP contribution in [0.1, 0.15) is 18.4 Å². The van der Waals surface area contributed by atoms with Gasteiger partial charge in [-0.15, -0.1) is 0 Å². The standard InChI is InChI=1S/C15H16BrNO4/c16-9-4-2-1-3-8(9)7-17-14(18)12-10-5-6-11(21-10)13(12)15(19)20/h1-4,10-13H,5-7H2,(H,17,18)(H,19,20)/t10-,11+,12-,13+/m1/s1. The van der Waals surface area contributed by atoms with Crippen molar-refractivity contribution in [1.82, 2.24) is 5.32 Å². The molecule has 2 saturated heterocycles. The molecular formula is C15H16BrNO4. The molecule has 0 radical (unpaired) electrons. The van der Waals surface area contributed by atoms with E-state index in [0.29, 0.717) is 6.54 Å². The second-order valence-electron chi connectivity index (χ2n) is 5.49. The summed E-state index contributed by atoms with van der Waals surface area (Å²) < 4.78 is 6.53. The molecule has 0 spiro atoms. The van der Waals surface area contributed by atoms with Crippen molar-refractivity contribution in [3.8, 4) is 0 Å². The molecule has 3 rings (SSSR count). The van der Waals surface area contributed by atoms with Crippen LogP contribution in [0.4, 0.5) is 0 Å². The molecule has 1 amide bonds. The summed E-state index contributed by atoms with van der Waals surface area (Å²) in [5.41, 5.74) is 0.960. The largest absolute Gasteiger partial charge is 0.481 e. The normalized spacial score (nSPS) is 30.3. The number of fused-ring (bicyclic) bond motifs is 2. The van der Waals surface area contributed by atoms with E-state index in [2.05, 4.69) is 21.2 Å². The minimum atomic E-state index is -0.941. The second kappa shape index (κ2) is 5.77. The second-order valence-corrected chi connectivity index (χ2v) is 6.34. The quantitative estimate of drug-likeness (QED) is 0.867.